The summed E-state index contributed by atoms with van der Waals surface area (Å²) in [4.78, 5) is 15.3. The molecule has 0 radical (unpaired) electrons. The van der Waals surface area contributed by atoms with Gasteiger partial charge in [-0.05, 0) is 12.1 Å². The van der Waals surface area contributed by atoms with Crippen molar-refractivity contribution in [2.24, 2.45) is 11.7 Å². The monoisotopic (exact) mass is 236 g/mol. The first kappa shape index (κ1) is 12.6. The van der Waals surface area contributed by atoms with Gasteiger partial charge in [0.15, 0.2) is 0 Å². The minimum atomic E-state index is -0.440. The molecule has 1 aromatic carbocycles. The van der Waals surface area contributed by atoms with Crippen LogP contribution in [0.1, 0.15) is 10.4 Å². The van der Waals surface area contributed by atoms with E-state index in [0.717, 1.165) is 0 Å². The largest absolute Gasteiger partial charge is 0.507 e. The Morgan fingerprint density at radius 1 is 1.35 bits per heavy atom. The summed E-state index contributed by atoms with van der Waals surface area (Å²) >= 11 is 0. The van der Waals surface area contributed by atoms with Crippen LogP contribution in [0, 0.1) is 0 Å². The molecule has 2 rings (SSSR count). The van der Waals surface area contributed by atoms with Crippen molar-refractivity contribution < 1.29 is 9.90 Å². The van der Waals surface area contributed by atoms with E-state index in [-0.39, 0.29) is 17.3 Å². The summed E-state index contributed by atoms with van der Waals surface area (Å²) in [5.41, 5.74) is 0.189. The van der Waals surface area contributed by atoms with E-state index in [1.165, 1.54) is 18.5 Å². The molecule has 0 aliphatic rings. The molecular formula is C9H12N6O2. The first-order valence-electron chi connectivity index (χ1n) is 4.55. The topological polar surface area (TPSA) is 143 Å². The minimum Gasteiger partial charge on any atom is -0.507 e. The number of hydrogen-bond acceptors (Lipinski definition) is 6. The number of carbonyl (C=O) groups excluding carboxylic acids is 1. The van der Waals surface area contributed by atoms with E-state index in [9.17, 15) is 9.90 Å². The third-order valence-electron chi connectivity index (χ3n) is 1.80. The van der Waals surface area contributed by atoms with Crippen LogP contribution in [0.4, 0.5) is 5.95 Å². The molecule has 0 aliphatic carbocycles. The second-order valence-electron chi connectivity index (χ2n) is 2.81. The van der Waals surface area contributed by atoms with E-state index in [1.807, 2.05) is 0 Å². The van der Waals surface area contributed by atoms with Gasteiger partial charge in [-0.2, -0.15) is 10.1 Å². The third-order valence-corrected chi connectivity index (χ3v) is 1.80. The van der Waals surface area contributed by atoms with Crippen LogP contribution in [0.2, 0.25) is 0 Å². The molecular weight excluding hydrogens is 224 g/mol. The Morgan fingerprint density at radius 3 is 2.65 bits per heavy atom. The Morgan fingerprint density at radius 2 is 2.06 bits per heavy atom. The Labute approximate surface area is 96.6 Å². The molecule has 17 heavy (non-hydrogen) atoms. The number of aromatic nitrogens is 3. The van der Waals surface area contributed by atoms with Crippen molar-refractivity contribution in [1.82, 2.24) is 15.2 Å². The summed E-state index contributed by atoms with van der Waals surface area (Å²) in [6.45, 7) is 0. The number of hydrazine groups is 1. The molecule has 90 valence electrons. The number of nitrogens with two attached hydrogens (primary N) is 2. The summed E-state index contributed by atoms with van der Waals surface area (Å²) in [6.07, 6.45) is 1.28. The smallest absolute Gasteiger partial charge is 0.261 e. The summed E-state index contributed by atoms with van der Waals surface area (Å²) in [6, 6.07) is 6.26. The number of phenolic OH excluding ortho intramolecular Hbond substituents is 1. The molecule has 8 heteroatoms. The molecule has 8 nitrogen and oxygen atoms in total. The van der Waals surface area contributed by atoms with Crippen molar-refractivity contribution in [2.75, 3.05) is 5.32 Å². The highest BCUT2D eigenvalue weighted by Gasteiger charge is 2.10. The molecule has 1 amide bonds. The third kappa shape index (κ3) is 3.26. The number of rotatable bonds is 2. The quantitative estimate of drug-likeness (QED) is 0.354. The Bertz CT molecular complexity index is 470. The number of hydrogen-bond donors (Lipinski definition) is 5. The molecule has 1 heterocycles. The number of phenols is 1. The van der Waals surface area contributed by atoms with Crippen LogP contribution in [0.5, 0.6) is 5.75 Å². The van der Waals surface area contributed by atoms with Gasteiger partial charge in [0.2, 0.25) is 5.95 Å². The van der Waals surface area contributed by atoms with Gasteiger partial charge in [-0.15, -0.1) is 0 Å². The van der Waals surface area contributed by atoms with Crippen LogP contribution in [0.25, 0.3) is 0 Å². The summed E-state index contributed by atoms with van der Waals surface area (Å²) in [7, 11) is 0. The normalized spacial score (nSPS) is 9.06. The summed E-state index contributed by atoms with van der Waals surface area (Å²) in [5.74, 6) is 7.72. The van der Waals surface area contributed by atoms with Gasteiger partial charge in [0, 0.05) is 0 Å². The van der Waals surface area contributed by atoms with Crippen LogP contribution in [-0.2, 0) is 0 Å². The maximum atomic E-state index is 11.6. The zero-order chi connectivity index (χ0) is 12.7. The highest BCUT2D eigenvalue weighted by Crippen LogP contribution is 2.16. The first-order chi connectivity index (χ1) is 8.27. The average Bonchev–Trinajstić information content (AvgIpc) is 2.85. The first-order valence-corrected chi connectivity index (χ1v) is 4.55. The number of nitrogens with one attached hydrogen (secondary N) is 2. The highest BCUT2D eigenvalue weighted by atomic mass is 16.3. The number of benzene rings is 1. The fraction of sp³-hybridized carbons (Fsp3) is 0. The predicted molar refractivity (Wildman–Crippen MR) is 60.8 cm³/mol. The van der Waals surface area contributed by atoms with Crippen molar-refractivity contribution in [3.05, 3.63) is 36.2 Å². The molecule has 0 unspecified atom stereocenters. The van der Waals surface area contributed by atoms with E-state index >= 15 is 0 Å². The lowest BCUT2D eigenvalue weighted by atomic mass is 10.2. The van der Waals surface area contributed by atoms with Crippen LogP contribution in [-0.4, -0.2) is 26.2 Å². The molecule has 0 saturated carbocycles. The maximum absolute atomic E-state index is 11.6. The van der Waals surface area contributed by atoms with Crippen molar-refractivity contribution in [3.63, 3.8) is 0 Å². The molecule has 0 aliphatic heterocycles. The minimum absolute atomic E-state index is 0.0745. The molecule has 7 N–H and O–H groups in total. The lowest BCUT2D eigenvalue weighted by Crippen LogP contribution is -2.13. The second-order valence-corrected chi connectivity index (χ2v) is 2.81. The van der Waals surface area contributed by atoms with Gasteiger partial charge in [0.25, 0.3) is 5.91 Å². The number of carbonyl (C=O) groups is 1. The SMILES string of the molecule is NN.O=C(Nc1ncn[nH]1)c1ccccc1O. The number of amides is 1. The van der Waals surface area contributed by atoms with Crippen molar-refractivity contribution >= 4 is 11.9 Å². The number of anilines is 1. The van der Waals surface area contributed by atoms with Crippen molar-refractivity contribution in [3.8, 4) is 5.75 Å². The molecule has 0 bridgehead atoms. The van der Waals surface area contributed by atoms with E-state index in [2.05, 4.69) is 32.2 Å². The van der Waals surface area contributed by atoms with Gasteiger partial charge in [-0.1, -0.05) is 12.1 Å². The standard InChI is InChI=1S/C9H8N4O2.H4N2/c14-7-4-2-1-3-6(7)8(15)12-9-10-5-11-13-9;1-2/h1-5,14H,(H2,10,11,12,13,15);1-2H2. The van der Waals surface area contributed by atoms with Gasteiger partial charge in [0.05, 0.1) is 5.56 Å². The predicted octanol–water partition coefficient (Wildman–Crippen LogP) is -0.419. The van der Waals surface area contributed by atoms with Gasteiger partial charge in [-0.3, -0.25) is 21.8 Å². The fourth-order valence-electron chi connectivity index (χ4n) is 1.11. The van der Waals surface area contributed by atoms with Crippen LogP contribution >= 0.6 is 0 Å². The van der Waals surface area contributed by atoms with Crippen LogP contribution in [0.3, 0.4) is 0 Å². The number of H-pyrrole nitrogens is 1. The molecule has 0 saturated heterocycles. The van der Waals surface area contributed by atoms with Crippen LogP contribution in [0.15, 0.2) is 30.6 Å². The van der Waals surface area contributed by atoms with Gasteiger partial charge < -0.3 is 5.11 Å². The lowest BCUT2D eigenvalue weighted by molar-refractivity contribution is 0.102. The van der Waals surface area contributed by atoms with Crippen molar-refractivity contribution in [1.29, 1.82) is 0 Å². The Hall–Kier alpha value is -2.45. The zero-order valence-electron chi connectivity index (χ0n) is 8.79. The van der Waals surface area contributed by atoms with Gasteiger partial charge >= 0.3 is 0 Å². The number of aromatic hydroxyl groups is 1. The Kier molecular flexibility index (Phi) is 4.60. The number of para-hydroxylation sites is 1. The van der Waals surface area contributed by atoms with Gasteiger partial charge in [0.1, 0.15) is 12.1 Å². The van der Waals surface area contributed by atoms with E-state index in [1.54, 1.807) is 12.1 Å². The number of aromatic amines is 1. The van der Waals surface area contributed by atoms with E-state index in [0.29, 0.717) is 0 Å². The number of nitrogens with zero attached hydrogens (tertiary/aromatic N) is 2. The van der Waals surface area contributed by atoms with Crippen molar-refractivity contribution in [2.45, 2.75) is 0 Å². The van der Waals surface area contributed by atoms with Crippen LogP contribution < -0.4 is 17.0 Å². The highest BCUT2D eigenvalue weighted by molar-refractivity contribution is 6.05. The van der Waals surface area contributed by atoms with Gasteiger partial charge in [-0.25, -0.2) is 5.10 Å². The van der Waals surface area contributed by atoms with E-state index < -0.39 is 5.91 Å². The molecule has 1 aromatic heterocycles. The fourth-order valence-corrected chi connectivity index (χ4v) is 1.11. The molecule has 0 spiro atoms. The maximum Gasteiger partial charge on any atom is 0.261 e. The Balaban J connectivity index is 0.000000686. The summed E-state index contributed by atoms with van der Waals surface area (Å²) < 4.78 is 0. The zero-order valence-corrected chi connectivity index (χ0v) is 8.79. The molecule has 0 atom stereocenters. The lowest BCUT2D eigenvalue weighted by Gasteiger charge is -2.02. The second kappa shape index (κ2) is 6.20. The summed E-state index contributed by atoms with van der Waals surface area (Å²) in [5, 5.41) is 17.9. The molecule has 2 aromatic rings. The average molecular weight is 236 g/mol. The molecule has 0 fully saturated rings. The van der Waals surface area contributed by atoms with E-state index in [4.69, 9.17) is 0 Å².